The van der Waals surface area contributed by atoms with Crippen molar-refractivity contribution in [3.63, 3.8) is 0 Å². The molecule has 0 amide bonds. The Morgan fingerprint density at radius 3 is 2.67 bits per heavy atom. The lowest BCUT2D eigenvalue weighted by atomic mass is 10.2. The van der Waals surface area contributed by atoms with Crippen molar-refractivity contribution in [2.75, 3.05) is 13.1 Å². The highest BCUT2D eigenvalue weighted by Gasteiger charge is 2.15. The number of nitrogens with zero attached hydrogens (tertiary/aromatic N) is 3. The number of ether oxygens (including phenoxy) is 1. The van der Waals surface area contributed by atoms with Gasteiger partial charge in [-0.15, -0.1) is 24.0 Å². The summed E-state index contributed by atoms with van der Waals surface area (Å²) < 4.78 is 32.0. The molecule has 0 aliphatic carbocycles. The van der Waals surface area contributed by atoms with Crippen molar-refractivity contribution >= 4 is 53.1 Å². The Bertz CT molecular complexity index is 820. The fourth-order valence-electron chi connectivity index (χ4n) is 2.71. The summed E-state index contributed by atoms with van der Waals surface area (Å²) in [5, 5.41) is 6.71. The molecule has 1 aromatic carbocycles. The van der Waals surface area contributed by atoms with E-state index in [2.05, 4.69) is 29.9 Å². The Kier molecular flexibility index (Phi) is 12.3. The van der Waals surface area contributed by atoms with Crippen molar-refractivity contribution in [3.05, 3.63) is 46.0 Å². The van der Waals surface area contributed by atoms with Gasteiger partial charge in [0.25, 0.3) is 0 Å². The zero-order valence-corrected chi connectivity index (χ0v) is 20.6. The molecule has 30 heavy (non-hydrogen) atoms. The number of aromatic nitrogens is 2. The Morgan fingerprint density at radius 1 is 1.27 bits per heavy atom. The maximum absolute atomic E-state index is 12.7. The average Bonchev–Trinajstić information content (AvgIpc) is 3.06. The molecule has 0 saturated carbocycles. The minimum atomic E-state index is -2.98. The van der Waals surface area contributed by atoms with Gasteiger partial charge in [-0.25, -0.2) is 9.98 Å². The summed E-state index contributed by atoms with van der Waals surface area (Å²) in [5.74, 6) is 1.46. The number of rotatable bonds is 10. The molecule has 0 atom stereocenters. The lowest BCUT2D eigenvalue weighted by molar-refractivity contribution is -0.0503. The molecule has 2 N–H and O–H groups in total. The number of unbranched alkanes of at least 4 members (excludes halogenated alkanes) is 1. The van der Waals surface area contributed by atoms with E-state index in [0.29, 0.717) is 23.1 Å². The number of alkyl halides is 2. The monoisotopic (exact) mass is 575 g/mol. The topological polar surface area (TPSA) is 63.5 Å². The van der Waals surface area contributed by atoms with Crippen molar-refractivity contribution < 1.29 is 13.5 Å². The van der Waals surface area contributed by atoms with Crippen LogP contribution in [0.4, 0.5) is 8.78 Å². The lowest BCUT2D eigenvalue weighted by Crippen LogP contribution is -2.37. The van der Waals surface area contributed by atoms with Gasteiger partial charge < -0.3 is 19.9 Å². The molecule has 0 spiro atoms. The quantitative estimate of drug-likeness (QED) is 0.176. The molecule has 0 aliphatic rings. The Hall–Kier alpha value is -1.33. The number of halogens is 5. The van der Waals surface area contributed by atoms with Gasteiger partial charge in [0.05, 0.1) is 11.6 Å². The van der Waals surface area contributed by atoms with Crippen molar-refractivity contribution in [1.82, 2.24) is 20.2 Å². The van der Waals surface area contributed by atoms with E-state index in [1.165, 1.54) is 12.1 Å². The van der Waals surface area contributed by atoms with Gasteiger partial charge in [-0.1, -0.05) is 23.2 Å². The van der Waals surface area contributed by atoms with Crippen LogP contribution in [0.1, 0.15) is 31.2 Å². The first-order chi connectivity index (χ1) is 13.9. The molecule has 0 bridgehead atoms. The highest BCUT2D eigenvalue weighted by atomic mass is 127. The van der Waals surface area contributed by atoms with Gasteiger partial charge in [-0.05, 0) is 38.8 Å². The second-order valence-electron chi connectivity index (χ2n) is 6.25. The highest BCUT2D eigenvalue weighted by Crippen LogP contribution is 2.34. The predicted molar refractivity (Wildman–Crippen MR) is 128 cm³/mol. The van der Waals surface area contributed by atoms with Crippen LogP contribution in [0, 0.1) is 6.92 Å². The highest BCUT2D eigenvalue weighted by molar-refractivity contribution is 14.0. The second-order valence-corrected chi connectivity index (χ2v) is 7.09. The van der Waals surface area contributed by atoms with Gasteiger partial charge in [-0.2, -0.15) is 8.78 Å². The van der Waals surface area contributed by atoms with Crippen molar-refractivity contribution in [2.45, 2.75) is 46.4 Å². The van der Waals surface area contributed by atoms with Crippen LogP contribution in [0.3, 0.4) is 0 Å². The lowest BCUT2D eigenvalue weighted by Gasteiger charge is -2.14. The molecule has 11 heteroatoms. The fourth-order valence-corrected chi connectivity index (χ4v) is 3.29. The van der Waals surface area contributed by atoms with E-state index < -0.39 is 6.61 Å². The molecule has 1 aromatic heterocycles. The number of guanidine groups is 1. The van der Waals surface area contributed by atoms with Crippen LogP contribution in [-0.2, 0) is 13.1 Å². The number of hydrogen-bond donors (Lipinski definition) is 2. The van der Waals surface area contributed by atoms with Gasteiger partial charge in [0.2, 0.25) is 0 Å². The summed E-state index contributed by atoms with van der Waals surface area (Å²) in [5.41, 5.74) is 0.385. The molecule has 2 aromatic rings. The van der Waals surface area contributed by atoms with Crippen molar-refractivity contribution in [1.29, 1.82) is 0 Å². The zero-order valence-electron chi connectivity index (χ0n) is 16.8. The summed E-state index contributed by atoms with van der Waals surface area (Å²) >= 11 is 12.0. The normalized spacial score (nSPS) is 11.4. The molecule has 1 heterocycles. The number of hydrogen-bond acceptors (Lipinski definition) is 3. The van der Waals surface area contributed by atoms with E-state index in [4.69, 9.17) is 23.2 Å². The van der Waals surface area contributed by atoms with Crippen LogP contribution in [0.5, 0.6) is 5.75 Å². The number of nitrogens with one attached hydrogen (secondary N) is 2. The molecular weight excluding hydrogens is 550 g/mol. The first-order valence-electron chi connectivity index (χ1n) is 9.33. The molecule has 0 unspecified atom stereocenters. The fraction of sp³-hybridized carbons (Fsp3) is 0.474. The Morgan fingerprint density at radius 2 is 2.03 bits per heavy atom. The smallest absolute Gasteiger partial charge is 0.387 e. The van der Waals surface area contributed by atoms with E-state index in [0.717, 1.165) is 31.8 Å². The third-order valence-electron chi connectivity index (χ3n) is 4.09. The van der Waals surface area contributed by atoms with Crippen LogP contribution in [0.2, 0.25) is 10.0 Å². The molecule has 0 fully saturated rings. The standard InChI is InChI=1S/C19H25Cl2F2N5O.HI/c1-3-24-19(26-6-4-5-8-28-9-7-25-13(28)2)27-12-14-10-15(20)11-16(21)17(14)29-18(22)23;/h7,9-11,18H,3-6,8,12H2,1-2H3,(H2,24,26,27);1H. The number of aliphatic imine (C=N–C) groups is 1. The van der Waals surface area contributed by atoms with Crippen LogP contribution in [-0.4, -0.2) is 35.2 Å². The van der Waals surface area contributed by atoms with E-state index in [1.807, 2.05) is 20.0 Å². The van der Waals surface area contributed by atoms with E-state index in [-0.39, 0.29) is 41.3 Å². The summed E-state index contributed by atoms with van der Waals surface area (Å²) in [6.07, 6.45) is 5.67. The molecule has 168 valence electrons. The predicted octanol–water partition coefficient (Wildman–Crippen LogP) is 5.25. The first kappa shape index (κ1) is 26.7. The van der Waals surface area contributed by atoms with E-state index >= 15 is 0 Å². The van der Waals surface area contributed by atoms with Crippen molar-refractivity contribution in [3.8, 4) is 5.75 Å². The molecular formula is C19H26Cl2F2IN5O. The van der Waals surface area contributed by atoms with E-state index in [9.17, 15) is 8.78 Å². The molecule has 2 rings (SSSR count). The van der Waals surface area contributed by atoms with Gasteiger partial charge in [0, 0.05) is 42.6 Å². The number of benzene rings is 1. The maximum atomic E-state index is 12.7. The maximum Gasteiger partial charge on any atom is 0.387 e. The van der Waals surface area contributed by atoms with Crippen LogP contribution in [0.25, 0.3) is 0 Å². The number of imidazole rings is 1. The summed E-state index contributed by atoms with van der Waals surface area (Å²) in [7, 11) is 0. The summed E-state index contributed by atoms with van der Waals surface area (Å²) in [6.45, 7) is 3.31. The zero-order chi connectivity index (χ0) is 21.2. The Balaban J connectivity index is 0.00000450. The SMILES string of the molecule is CCNC(=NCc1cc(Cl)cc(Cl)c1OC(F)F)NCCCCn1ccnc1C.I. The largest absolute Gasteiger partial charge is 0.433 e. The van der Waals surface area contributed by atoms with Crippen LogP contribution >= 0.6 is 47.2 Å². The van der Waals surface area contributed by atoms with E-state index in [1.54, 1.807) is 6.20 Å². The molecule has 0 saturated heterocycles. The van der Waals surface area contributed by atoms with Crippen LogP contribution < -0.4 is 15.4 Å². The van der Waals surface area contributed by atoms with Gasteiger partial charge in [0.15, 0.2) is 5.96 Å². The van der Waals surface area contributed by atoms with Gasteiger partial charge in [0.1, 0.15) is 11.6 Å². The molecule has 0 aliphatic heterocycles. The minimum absolute atomic E-state index is 0. The second kappa shape index (κ2) is 13.9. The van der Waals surface area contributed by atoms with Crippen molar-refractivity contribution in [2.24, 2.45) is 4.99 Å². The van der Waals surface area contributed by atoms with Crippen LogP contribution in [0.15, 0.2) is 29.5 Å². The van der Waals surface area contributed by atoms with Gasteiger partial charge in [-0.3, -0.25) is 0 Å². The summed E-state index contributed by atoms with van der Waals surface area (Å²) in [4.78, 5) is 8.63. The third kappa shape index (κ3) is 8.81. The van der Waals surface area contributed by atoms with Gasteiger partial charge >= 0.3 is 6.61 Å². The molecule has 6 nitrogen and oxygen atoms in total. The first-order valence-corrected chi connectivity index (χ1v) is 10.1. The number of aryl methyl sites for hydroxylation is 2. The Labute approximate surface area is 202 Å². The minimum Gasteiger partial charge on any atom is -0.433 e. The molecule has 0 radical (unpaired) electrons. The average molecular weight is 576 g/mol. The third-order valence-corrected chi connectivity index (χ3v) is 4.58. The summed E-state index contributed by atoms with van der Waals surface area (Å²) in [6, 6.07) is 2.88.